The number of rotatable bonds is 4. The Morgan fingerprint density at radius 3 is 2.29 bits per heavy atom. The van der Waals surface area contributed by atoms with E-state index in [1.165, 1.54) is 4.90 Å². The standard InChI is InChI=1S/C11H12F2N2OS/c1-2-15(6-10(14)17)11(16)7-3-8(12)5-9(13)4-7/h3-5H,2,6H2,1H3,(H2,14,17). The van der Waals surface area contributed by atoms with Crippen molar-refractivity contribution < 1.29 is 13.6 Å². The van der Waals surface area contributed by atoms with Gasteiger partial charge in [0.1, 0.15) is 11.6 Å². The minimum atomic E-state index is -0.792. The van der Waals surface area contributed by atoms with Crippen molar-refractivity contribution in [1.29, 1.82) is 0 Å². The first-order valence-corrected chi connectivity index (χ1v) is 5.38. The summed E-state index contributed by atoms with van der Waals surface area (Å²) in [4.78, 5) is 13.4. The van der Waals surface area contributed by atoms with Crippen molar-refractivity contribution in [1.82, 2.24) is 4.90 Å². The molecule has 17 heavy (non-hydrogen) atoms. The van der Waals surface area contributed by atoms with Gasteiger partial charge >= 0.3 is 0 Å². The molecule has 0 aromatic heterocycles. The lowest BCUT2D eigenvalue weighted by Crippen LogP contribution is -2.37. The highest BCUT2D eigenvalue weighted by molar-refractivity contribution is 7.80. The number of nitrogens with zero attached hydrogens (tertiary/aromatic N) is 1. The molecule has 0 atom stereocenters. The van der Waals surface area contributed by atoms with Gasteiger partial charge in [0.05, 0.1) is 11.5 Å². The highest BCUT2D eigenvalue weighted by atomic mass is 32.1. The van der Waals surface area contributed by atoms with Gasteiger partial charge in [-0.1, -0.05) is 12.2 Å². The molecule has 1 rings (SSSR count). The molecule has 0 fully saturated rings. The van der Waals surface area contributed by atoms with E-state index in [4.69, 9.17) is 18.0 Å². The number of amides is 1. The third kappa shape index (κ3) is 3.74. The average molecular weight is 258 g/mol. The molecule has 3 nitrogen and oxygen atoms in total. The molecule has 0 aliphatic carbocycles. The van der Waals surface area contributed by atoms with Crippen LogP contribution >= 0.6 is 12.2 Å². The summed E-state index contributed by atoms with van der Waals surface area (Å²) in [7, 11) is 0. The summed E-state index contributed by atoms with van der Waals surface area (Å²) in [6, 6.07) is 2.67. The van der Waals surface area contributed by atoms with E-state index in [1.54, 1.807) is 6.92 Å². The Morgan fingerprint density at radius 1 is 1.35 bits per heavy atom. The van der Waals surface area contributed by atoms with Crippen molar-refractivity contribution in [3.8, 4) is 0 Å². The molecule has 1 aromatic rings. The van der Waals surface area contributed by atoms with Crippen molar-refractivity contribution in [3.05, 3.63) is 35.4 Å². The van der Waals surface area contributed by atoms with Crippen molar-refractivity contribution in [2.45, 2.75) is 6.92 Å². The SMILES string of the molecule is CCN(CC(N)=S)C(=O)c1cc(F)cc(F)c1. The minimum absolute atomic E-state index is 0.0550. The van der Waals surface area contributed by atoms with E-state index in [9.17, 15) is 13.6 Å². The second-order valence-electron chi connectivity index (χ2n) is 3.44. The molecule has 0 aliphatic rings. The number of likely N-dealkylation sites (N-methyl/N-ethyl adjacent to an activating group) is 1. The molecule has 1 aromatic carbocycles. The number of carbonyl (C=O) groups excluding carboxylic acids is 1. The molecule has 0 heterocycles. The summed E-state index contributed by atoms with van der Waals surface area (Å²) in [5.41, 5.74) is 5.28. The Balaban J connectivity index is 2.97. The average Bonchev–Trinajstić information content (AvgIpc) is 2.23. The molecule has 6 heteroatoms. The number of halogens is 2. The van der Waals surface area contributed by atoms with Crippen LogP contribution in [0, 0.1) is 11.6 Å². The number of hydrogen-bond donors (Lipinski definition) is 1. The molecule has 0 radical (unpaired) electrons. The normalized spacial score (nSPS) is 10.1. The van der Waals surface area contributed by atoms with Crippen LogP contribution in [-0.2, 0) is 0 Å². The number of carbonyl (C=O) groups is 1. The molecule has 92 valence electrons. The maximum Gasteiger partial charge on any atom is 0.254 e. The lowest BCUT2D eigenvalue weighted by molar-refractivity contribution is 0.0787. The van der Waals surface area contributed by atoms with E-state index >= 15 is 0 Å². The highest BCUT2D eigenvalue weighted by Gasteiger charge is 2.16. The van der Waals surface area contributed by atoms with Crippen LogP contribution in [0.2, 0.25) is 0 Å². The number of thiocarbonyl (C=S) groups is 1. The van der Waals surface area contributed by atoms with Gasteiger partial charge in [-0.05, 0) is 19.1 Å². The number of hydrogen-bond acceptors (Lipinski definition) is 2. The van der Waals surface area contributed by atoms with E-state index < -0.39 is 17.5 Å². The van der Waals surface area contributed by atoms with Crippen LogP contribution in [-0.4, -0.2) is 28.9 Å². The number of benzene rings is 1. The molecule has 2 N–H and O–H groups in total. The van der Waals surface area contributed by atoms with E-state index in [2.05, 4.69) is 0 Å². The molecule has 0 unspecified atom stereocenters. The van der Waals surface area contributed by atoms with E-state index in [-0.39, 0.29) is 17.1 Å². The topological polar surface area (TPSA) is 46.3 Å². The summed E-state index contributed by atoms with van der Waals surface area (Å²) in [5.74, 6) is -2.09. The predicted molar refractivity (Wildman–Crippen MR) is 64.7 cm³/mol. The second kappa shape index (κ2) is 5.67. The largest absolute Gasteiger partial charge is 0.392 e. The zero-order valence-electron chi connectivity index (χ0n) is 9.24. The summed E-state index contributed by atoms with van der Waals surface area (Å²) in [5, 5.41) is 0. The zero-order chi connectivity index (χ0) is 13.0. The van der Waals surface area contributed by atoms with Crippen LogP contribution in [0.4, 0.5) is 8.78 Å². The second-order valence-corrected chi connectivity index (χ2v) is 3.97. The van der Waals surface area contributed by atoms with Crippen LogP contribution in [0.15, 0.2) is 18.2 Å². The van der Waals surface area contributed by atoms with E-state index in [0.29, 0.717) is 12.6 Å². The van der Waals surface area contributed by atoms with Gasteiger partial charge in [-0.3, -0.25) is 4.79 Å². The van der Waals surface area contributed by atoms with Gasteiger partial charge < -0.3 is 10.6 Å². The lowest BCUT2D eigenvalue weighted by Gasteiger charge is -2.20. The first-order chi connectivity index (χ1) is 7.93. The van der Waals surface area contributed by atoms with Gasteiger partial charge in [-0.15, -0.1) is 0 Å². The summed E-state index contributed by atoms with van der Waals surface area (Å²) < 4.78 is 25.9. The van der Waals surface area contributed by atoms with Crippen molar-refractivity contribution in [2.24, 2.45) is 5.73 Å². The number of nitrogens with two attached hydrogens (primary N) is 1. The smallest absolute Gasteiger partial charge is 0.254 e. The van der Waals surface area contributed by atoms with Crippen LogP contribution in [0.1, 0.15) is 17.3 Å². The van der Waals surface area contributed by atoms with Crippen LogP contribution in [0.25, 0.3) is 0 Å². The van der Waals surface area contributed by atoms with Crippen LogP contribution in [0.5, 0.6) is 0 Å². The molecule has 0 spiro atoms. The minimum Gasteiger partial charge on any atom is -0.392 e. The molecule has 0 saturated carbocycles. The van der Waals surface area contributed by atoms with Gasteiger partial charge in [0.2, 0.25) is 0 Å². The third-order valence-electron chi connectivity index (χ3n) is 2.13. The van der Waals surface area contributed by atoms with Crippen LogP contribution < -0.4 is 5.73 Å². The fourth-order valence-electron chi connectivity index (χ4n) is 1.38. The van der Waals surface area contributed by atoms with Gasteiger partial charge in [0.15, 0.2) is 0 Å². The van der Waals surface area contributed by atoms with Gasteiger partial charge in [0, 0.05) is 18.2 Å². The lowest BCUT2D eigenvalue weighted by atomic mass is 10.2. The zero-order valence-corrected chi connectivity index (χ0v) is 10.1. The Morgan fingerprint density at radius 2 is 1.88 bits per heavy atom. The molecule has 1 amide bonds. The van der Waals surface area contributed by atoms with Gasteiger partial charge in [0.25, 0.3) is 5.91 Å². The monoisotopic (exact) mass is 258 g/mol. The molecular formula is C11H12F2N2OS. The first kappa shape index (κ1) is 13.5. The first-order valence-electron chi connectivity index (χ1n) is 4.97. The molecule has 0 saturated heterocycles. The van der Waals surface area contributed by atoms with Gasteiger partial charge in [-0.2, -0.15) is 0 Å². The fourth-order valence-corrected chi connectivity index (χ4v) is 1.53. The van der Waals surface area contributed by atoms with E-state index in [1.807, 2.05) is 0 Å². The maximum absolute atomic E-state index is 13.0. The molecular weight excluding hydrogens is 246 g/mol. The third-order valence-corrected chi connectivity index (χ3v) is 2.25. The van der Waals surface area contributed by atoms with Crippen molar-refractivity contribution in [3.63, 3.8) is 0 Å². The fraction of sp³-hybridized carbons (Fsp3) is 0.273. The van der Waals surface area contributed by atoms with Crippen molar-refractivity contribution in [2.75, 3.05) is 13.1 Å². The maximum atomic E-state index is 13.0. The Hall–Kier alpha value is -1.56. The summed E-state index contributed by atoms with van der Waals surface area (Å²) in [6.07, 6.45) is 0. The molecule has 0 aliphatic heterocycles. The predicted octanol–water partition coefficient (Wildman–Crippen LogP) is 1.71. The Bertz CT molecular complexity index is 431. The van der Waals surface area contributed by atoms with Crippen LogP contribution in [0.3, 0.4) is 0 Å². The van der Waals surface area contributed by atoms with E-state index in [0.717, 1.165) is 12.1 Å². The quantitative estimate of drug-likeness (QED) is 0.836. The Labute approximate surface area is 103 Å². The summed E-state index contributed by atoms with van der Waals surface area (Å²) >= 11 is 4.69. The van der Waals surface area contributed by atoms with Gasteiger partial charge in [-0.25, -0.2) is 8.78 Å². The highest BCUT2D eigenvalue weighted by Crippen LogP contribution is 2.10. The summed E-state index contributed by atoms with van der Waals surface area (Å²) in [6.45, 7) is 2.17. The Kier molecular flexibility index (Phi) is 4.51. The molecule has 0 bridgehead atoms. The van der Waals surface area contributed by atoms with Crippen molar-refractivity contribution >= 4 is 23.1 Å².